The summed E-state index contributed by atoms with van der Waals surface area (Å²) in [4.78, 5) is 0. The van der Waals surface area contributed by atoms with E-state index in [2.05, 4.69) is 17.3 Å². The third-order valence-electron chi connectivity index (χ3n) is 2.95. The second-order valence-electron chi connectivity index (χ2n) is 4.41. The fourth-order valence-electron chi connectivity index (χ4n) is 2.05. The molecule has 1 N–H and O–H groups in total. The summed E-state index contributed by atoms with van der Waals surface area (Å²) in [5, 5.41) is 3.41. The molecule has 1 aromatic rings. The number of rotatable bonds is 6. The first-order valence-corrected chi connectivity index (χ1v) is 6.36. The molecule has 1 aromatic carbocycles. The van der Waals surface area contributed by atoms with Crippen LogP contribution in [0.5, 0.6) is 5.75 Å². The van der Waals surface area contributed by atoms with Crippen molar-refractivity contribution in [1.82, 2.24) is 5.32 Å². The first-order chi connectivity index (χ1) is 8.88. The molecule has 18 heavy (non-hydrogen) atoms. The van der Waals surface area contributed by atoms with Gasteiger partial charge in [-0.25, -0.2) is 0 Å². The van der Waals surface area contributed by atoms with E-state index in [-0.39, 0.29) is 0 Å². The van der Waals surface area contributed by atoms with Crippen LogP contribution in [0.15, 0.2) is 24.3 Å². The lowest BCUT2D eigenvalue weighted by molar-refractivity contribution is 0.110. The quantitative estimate of drug-likeness (QED) is 0.777. The zero-order valence-corrected chi connectivity index (χ0v) is 10.5. The number of ether oxygens (including phenoxy) is 2. The zero-order valence-electron chi connectivity index (χ0n) is 10.5. The van der Waals surface area contributed by atoms with Crippen molar-refractivity contribution < 1.29 is 9.47 Å². The normalized spacial score (nSPS) is 18.5. The number of nitrogens with one attached hydrogen (secondary N) is 1. The van der Waals surface area contributed by atoms with Gasteiger partial charge < -0.3 is 14.8 Å². The highest BCUT2D eigenvalue weighted by molar-refractivity contribution is 5.28. The van der Waals surface area contributed by atoms with E-state index in [9.17, 15) is 0 Å². The van der Waals surface area contributed by atoms with Gasteiger partial charge in [0.25, 0.3) is 0 Å². The van der Waals surface area contributed by atoms with Crippen LogP contribution in [0.2, 0.25) is 0 Å². The van der Waals surface area contributed by atoms with E-state index in [0.29, 0.717) is 12.7 Å². The van der Waals surface area contributed by atoms with Crippen molar-refractivity contribution in [3.05, 3.63) is 29.8 Å². The highest BCUT2D eigenvalue weighted by Gasteiger charge is 2.14. The molecule has 0 spiro atoms. The molecule has 1 fully saturated rings. The Morgan fingerprint density at radius 3 is 3.22 bits per heavy atom. The van der Waals surface area contributed by atoms with Crippen LogP contribution >= 0.6 is 0 Å². The third-order valence-corrected chi connectivity index (χ3v) is 2.95. The maximum atomic E-state index is 5.56. The van der Waals surface area contributed by atoms with Crippen LogP contribution in [0, 0.1) is 12.3 Å². The molecular weight excluding hydrogens is 226 g/mol. The number of hydrogen-bond acceptors (Lipinski definition) is 3. The second kappa shape index (κ2) is 7.05. The Morgan fingerprint density at radius 2 is 2.44 bits per heavy atom. The van der Waals surface area contributed by atoms with Gasteiger partial charge in [-0.1, -0.05) is 18.1 Å². The summed E-state index contributed by atoms with van der Waals surface area (Å²) in [5.41, 5.74) is 1.20. The van der Waals surface area contributed by atoms with E-state index in [4.69, 9.17) is 15.9 Å². The van der Waals surface area contributed by atoms with Crippen LogP contribution < -0.4 is 10.1 Å². The van der Waals surface area contributed by atoms with E-state index >= 15 is 0 Å². The molecule has 0 bridgehead atoms. The molecule has 0 aliphatic carbocycles. The molecular formula is C15H19NO2. The Labute approximate surface area is 108 Å². The van der Waals surface area contributed by atoms with Crippen molar-refractivity contribution in [3.8, 4) is 18.1 Å². The summed E-state index contributed by atoms with van der Waals surface area (Å²) in [7, 11) is 0. The maximum absolute atomic E-state index is 5.56. The van der Waals surface area contributed by atoms with Crippen LogP contribution in [0.3, 0.4) is 0 Å². The maximum Gasteiger partial charge on any atom is 0.148 e. The Hall–Kier alpha value is -1.50. The molecule has 1 aliphatic heterocycles. The van der Waals surface area contributed by atoms with Gasteiger partial charge in [0, 0.05) is 19.7 Å². The smallest absolute Gasteiger partial charge is 0.148 e. The van der Waals surface area contributed by atoms with Crippen molar-refractivity contribution in [2.45, 2.75) is 25.5 Å². The third kappa shape index (κ3) is 4.06. The molecule has 0 saturated carbocycles. The Bertz CT molecular complexity index is 405. The van der Waals surface area contributed by atoms with Gasteiger partial charge in [0.2, 0.25) is 0 Å². The van der Waals surface area contributed by atoms with E-state index in [1.54, 1.807) is 0 Å². The van der Waals surface area contributed by atoms with Crippen molar-refractivity contribution in [1.29, 1.82) is 0 Å². The molecule has 1 atom stereocenters. The highest BCUT2D eigenvalue weighted by atomic mass is 16.5. The van der Waals surface area contributed by atoms with Crippen molar-refractivity contribution in [2.75, 3.05) is 19.8 Å². The van der Waals surface area contributed by atoms with E-state index in [0.717, 1.165) is 25.4 Å². The van der Waals surface area contributed by atoms with Crippen molar-refractivity contribution in [2.24, 2.45) is 0 Å². The topological polar surface area (TPSA) is 30.5 Å². The Kier molecular flexibility index (Phi) is 5.07. The van der Waals surface area contributed by atoms with Crippen LogP contribution in [0.1, 0.15) is 18.4 Å². The summed E-state index contributed by atoms with van der Waals surface area (Å²) >= 11 is 0. The zero-order chi connectivity index (χ0) is 12.6. The van der Waals surface area contributed by atoms with E-state index in [1.807, 2.05) is 18.2 Å². The summed E-state index contributed by atoms with van der Waals surface area (Å²) in [6.07, 6.45) is 7.89. The monoisotopic (exact) mass is 245 g/mol. The van der Waals surface area contributed by atoms with Gasteiger partial charge in [-0.15, -0.1) is 6.42 Å². The summed E-state index contributed by atoms with van der Waals surface area (Å²) < 4.78 is 10.9. The van der Waals surface area contributed by atoms with Gasteiger partial charge in [-0.05, 0) is 30.5 Å². The molecule has 0 amide bonds. The van der Waals surface area contributed by atoms with Gasteiger partial charge in [0.1, 0.15) is 12.4 Å². The molecule has 0 unspecified atom stereocenters. The van der Waals surface area contributed by atoms with E-state index in [1.165, 1.54) is 18.4 Å². The van der Waals surface area contributed by atoms with Gasteiger partial charge >= 0.3 is 0 Å². The van der Waals surface area contributed by atoms with Crippen LogP contribution in [-0.2, 0) is 11.3 Å². The molecule has 1 saturated heterocycles. The molecule has 3 heteroatoms. The number of benzene rings is 1. The van der Waals surface area contributed by atoms with Gasteiger partial charge in [0.05, 0.1) is 6.10 Å². The van der Waals surface area contributed by atoms with E-state index < -0.39 is 0 Å². The molecule has 2 rings (SSSR count). The molecule has 1 aliphatic rings. The van der Waals surface area contributed by atoms with Crippen LogP contribution in [-0.4, -0.2) is 25.9 Å². The highest BCUT2D eigenvalue weighted by Crippen LogP contribution is 2.14. The standard InChI is InChI=1S/C15H19NO2/c1-2-8-17-14-6-3-5-13(10-14)11-16-12-15-7-4-9-18-15/h1,3,5-6,10,15-16H,4,7-9,11-12H2/t15-/m0/s1. The predicted molar refractivity (Wildman–Crippen MR) is 71.5 cm³/mol. The van der Waals surface area contributed by atoms with Crippen LogP contribution in [0.4, 0.5) is 0 Å². The molecule has 96 valence electrons. The SMILES string of the molecule is C#CCOc1cccc(CNC[C@@H]2CCCO2)c1. The predicted octanol–water partition coefficient (Wildman–Crippen LogP) is 1.97. The average Bonchev–Trinajstić information content (AvgIpc) is 2.90. The molecule has 0 aromatic heterocycles. The Balaban J connectivity index is 1.76. The lowest BCUT2D eigenvalue weighted by Gasteiger charge is -2.11. The van der Waals surface area contributed by atoms with Crippen molar-refractivity contribution in [3.63, 3.8) is 0 Å². The minimum absolute atomic E-state index is 0.312. The lowest BCUT2D eigenvalue weighted by atomic mass is 10.2. The van der Waals surface area contributed by atoms with Crippen molar-refractivity contribution >= 4 is 0 Å². The van der Waals surface area contributed by atoms with Gasteiger partial charge in [0.15, 0.2) is 0 Å². The number of terminal acetylenes is 1. The first-order valence-electron chi connectivity index (χ1n) is 6.36. The minimum Gasteiger partial charge on any atom is -0.481 e. The largest absolute Gasteiger partial charge is 0.481 e. The fourth-order valence-corrected chi connectivity index (χ4v) is 2.05. The average molecular weight is 245 g/mol. The Morgan fingerprint density at radius 1 is 1.50 bits per heavy atom. The summed E-state index contributed by atoms with van der Waals surface area (Å²) in [5.74, 6) is 3.29. The molecule has 0 radical (unpaired) electrons. The van der Waals surface area contributed by atoms with Gasteiger partial charge in [-0.3, -0.25) is 0 Å². The fraction of sp³-hybridized carbons (Fsp3) is 0.467. The lowest BCUT2D eigenvalue weighted by Crippen LogP contribution is -2.25. The first kappa shape index (κ1) is 12.9. The number of hydrogen-bond donors (Lipinski definition) is 1. The molecule has 3 nitrogen and oxygen atoms in total. The summed E-state index contributed by atoms with van der Waals surface area (Å²) in [6.45, 7) is 2.96. The second-order valence-corrected chi connectivity index (χ2v) is 4.41. The minimum atomic E-state index is 0.312. The van der Waals surface area contributed by atoms with Crippen LogP contribution in [0.25, 0.3) is 0 Å². The summed E-state index contributed by atoms with van der Waals surface area (Å²) in [6, 6.07) is 7.99. The molecule has 1 heterocycles. The van der Waals surface area contributed by atoms with Gasteiger partial charge in [-0.2, -0.15) is 0 Å².